The van der Waals surface area contributed by atoms with Crippen LogP contribution in [0.2, 0.25) is 5.02 Å². The van der Waals surface area contributed by atoms with Gasteiger partial charge in [-0.2, -0.15) is 0 Å². The number of rotatable bonds is 6. The second-order valence-corrected chi connectivity index (χ2v) is 3.90. The predicted octanol–water partition coefficient (Wildman–Crippen LogP) is 0.0159. The Labute approximate surface area is 109 Å². The van der Waals surface area contributed by atoms with Gasteiger partial charge in [0, 0.05) is 13.0 Å². The Balaban J connectivity index is 2.58. The zero-order valence-electron chi connectivity index (χ0n) is 9.57. The molecule has 0 unspecified atom stereocenters. The predicted molar refractivity (Wildman–Crippen MR) is 67.8 cm³/mol. The van der Waals surface area contributed by atoms with Gasteiger partial charge < -0.3 is 16.5 Å². The van der Waals surface area contributed by atoms with E-state index in [1.165, 1.54) is 6.07 Å². The van der Waals surface area contributed by atoms with Crippen molar-refractivity contribution in [2.24, 2.45) is 11.6 Å². The van der Waals surface area contributed by atoms with Crippen LogP contribution in [0.15, 0.2) is 12.1 Å². The highest BCUT2D eigenvalue weighted by molar-refractivity contribution is 6.33. The Bertz CT molecular complexity index is 452. The first-order chi connectivity index (χ1) is 8.54. The van der Waals surface area contributed by atoms with E-state index in [1.807, 2.05) is 0 Å². The molecule has 0 aliphatic carbocycles. The van der Waals surface area contributed by atoms with Gasteiger partial charge in [-0.25, -0.2) is 10.8 Å². The van der Waals surface area contributed by atoms with Gasteiger partial charge in [0.15, 0.2) is 0 Å². The van der Waals surface area contributed by atoms with Gasteiger partial charge in [0.05, 0.1) is 5.02 Å². The van der Waals surface area contributed by atoms with Crippen LogP contribution in [-0.2, 0) is 4.79 Å². The Morgan fingerprint density at radius 2 is 2.11 bits per heavy atom. The molecule has 1 rings (SSSR count). The van der Waals surface area contributed by atoms with Crippen molar-refractivity contribution in [3.05, 3.63) is 22.8 Å². The standard InChI is InChI=1S/C10H14ClN5O2/c11-6-3-4-8(16-13)15-9(6)10(18)14-5-1-2-7(12)17/h3-4H,1-2,5,13H2,(H2,12,17)(H,14,18)(H,15,16). The van der Waals surface area contributed by atoms with Gasteiger partial charge in [0.1, 0.15) is 11.5 Å². The molecule has 2 amide bonds. The van der Waals surface area contributed by atoms with Gasteiger partial charge >= 0.3 is 0 Å². The van der Waals surface area contributed by atoms with Crippen molar-refractivity contribution in [1.82, 2.24) is 10.3 Å². The molecule has 0 spiro atoms. The number of anilines is 1. The lowest BCUT2D eigenvalue weighted by Crippen LogP contribution is -2.27. The Hall–Kier alpha value is -1.86. The van der Waals surface area contributed by atoms with Crippen molar-refractivity contribution in [3.63, 3.8) is 0 Å². The molecule has 6 N–H and O–H groups in total. The summed E-state index contributed by atoms with van der Waals surface area (Å²) in [5.41, 5.74) is 7.37. The van der Waals surface area contributed by atoms with Crippen molar-refractivity contribution in [2.45, 2.75) is 12.8 Å². The molecule has 0 atom stereocenters. The summed E-state index contributed by atoms with van der Waals surface area (Å²) in [6.45, 7) is 0.320. The number of nitrogens with zero attached hydrogens (tertiary/aromatic N) is 1. The number of nitrogens with two attached hydrogens (primary N) is 2. The zero-order chi connectivity index (χ0) is 13.5. The SMILES string of the molecule is NNc1ccc(Cl)c(C(=O)NCCCC(N)=O)n1. The molecule has 98 valence electrons. The lowest BCUT2D eigenvalue weighted by molar-refractivity contribution is -0.118. The number of nitrogen functional groups attached to an aromatic ring is 1. The maximum atomic E-state index is 11.7. The van der Waals surface area contributed by atoms with Crippen LogP contribution in [0.3, 0.4) is 0 Å². The van der Waals surface area contributed by atoms with Gasteiger partial charge in [0.2, 0.25) is 5.91 Å². The van der Waals surface area contributed by atoms with Gasteiger partial charge in [-0.15, -0.1) is 0 Å². The van der Waals surface area contributed by atoms with E-state index in [-0.39, 0.29) is 17.1 Å². The van der Waals surface area contributed by atoms with Crippen LogP contribution in [0, 0.1) is 0 Å². The Morgan fingerprint density at radius 1 is 1.39 bits per heavy atom. The van der Waals surface area contributed by atoms with E-state index in [4.69, 9.17) is 23.2 Å². The molecule has 0 saturated carbocycles. The number of hydrogen-bond acceptors (Lipinski definition) is 5. The summed E-state index contributed by atoms with van der Waals surface area (Å²) < 4.78 is 0. The highest BCUT2D eigenvalue weighted by Crippen LogP contribution is 2.15. The number of nitrogens with one attached hydrogen (secondary N) is 2. The lowest BCUT2D eigenvalue weighted by Gasteiger charge is -2.07. The van der Waals surface area contributed by atoms with Crippen molar-refractivity contribution in [3.8, 4) is 0 Å². The van der Waals surface area contributed by atoms with Crippen LogP contribution in [0.4, 0.5) is 5.82 Å². The molecule has 0 aliphatic rings. The maximum absolute atomic E-state index is 11.7. The van der Waals surface area contributed by atoms with Crippen molar-refractivity contribution >= 4 is 29.2 Å². The number of carbonyl (C=O) groups excluding carboxylic acids is 2. The maximum Gasteiger partial charge on any atom is 0.271 e. The number of carbonyl (C=O) groups is 2. The highest BCUT2D eigenvalue weighted by atomic mass is 35.5. The summed E-state index contributed by atoms with van der Waals surface area (Å²) in [7, 11) is 0. The van der Waals surface area contributed by atoms with Crippen LogP contribution in [0.1, 0.15) is 23.3 Å². The molecule has 0 bridgehead atoms. The van der Waals surface area contributed by atoms with Gasteiger partial charge in [-0.3, -0.25) is 9.59 Å². The molecule has 1 aromatic rings. The number of pyridine rings is 1. The summed E-state index contributed by atoms with van der Waals surface area (Å²) in [5, 5.41) is 2.81. The van der Waals surface area contributed by atoms with Crippen LogP contribution in [0.5, 0.6) is 0 Å². The molecule has 0 aliphatic heterocycles. The molecule has 1 heterocycles. The lowest BCUT2D eigenvalue weighted by atomic mass is 10.3. The normalized spacial score (nSPS) is 9.89. The molecule has 7 nitrogen and oxygen atoms in total. The fraction of sp³-hybridized carbons (Fsp3) is 0.300. The number of primary amides is 1. The second-order valence-electron chi connectivity index (χ2n) is 3.50. The molecule has 0 radical (unpaired) electrons. The molecule has 0 aromatic carbocycles. The number of aromatic nitrogens is 1. The first-order valence-corrected chi connectivity index (χ1v) is 5.62. The fourth-order valence-corrected chi connectivity index (χ4v) is 1.42. The minimum atomic E-state index is -0.429. The van der Waals surface area contributed by atoms with Crippen LogP contribution >= 0.6 is 11.6 Å². The average molecular weight is 272 g/mol. The quantitative estimate of drug-likeness (QED) is 0.330. The average Bonchev–Trinajstić information content (AvgIpc) is 2.34. The summed E-state index contributed by atoms with van der Waals surface area (Å²) in [6.07, 6.45) is 0.680. The smallest absolute Gasteiger partial charge is 0.271 e. The molecular weight excluding hydrogens is 258 g/mol. The Morgan fingerprint density at radius 3 is 2.72 bits per heavy atom. The zero-order valence-corrected chi connectivity index (χ0v) is 10.3. The topological polar surface area (TPSA) is 123 Å². The van der Waals surface area contributed by atoms with Crippen LogP contribution in [-0.4, -0.2) is 23.3 Å². The third kappa shape index (κ3) is 4.19. The summed E-state index contributed by atoms with van der Waals surface area (Å²) in [6, 6.07) is 3.06. The minimum absolute atomic E-state index is 0.0752. The van der Waals surface area contributed by atoms with E-state index in [0.717, 1.165) is 0 Å². The summed E-state index contributed by atoms with van der Waals surface area (Å²) >= 11 is 5.85. The molecule has 18 heavy (non-hydrogen) atoms. The van der Waals surface area contributed by atoms with E-state index in [1.54, 1.807) is 6.07 Å². The molecule has 1 aromatic heterocycles. The van der Waals surface area contributed by atoms with Gasteiger partial charge in [-0.05, 0) is 18.6 Å². The number of halogens is 1. The fourth-order valence-electron chi connectivity index (χ4n) is 1.23. The first kappa shape index (κ1) is 14.2. The van der Waals surface area contributed by atoms with E-state index in [0.29, 0.717) is 18.8 Å². The molecule has 0 saturated heterocycles. The largest absolute Gasteiger partial charge is 0.370 e. The van der Waals surface area contributed by atoms with Gasteiger partial charge in [0.25, 0.3) is 5.91 Å². The van der Waals surface area contributed by atoms with Crippen LogP contribution < -0.4 is 22.3 Å². The van der Waals surface area contributed by atoms with E-state index in [9.17, 15) is 9.59 Å². The number of hydrogen-bond donors (Lipinski definition) is 4. The van der Waals surface area contributed by atoms with Crippen molar-refractivity contribution in [2.75, 3.05) is 12.0 Å². The van der Waals surface area contributed by atoms with E-state index >= 15 is 0 Å². The third-order valence-electron chi connectivity index (χ3n) is 2.09. The Kier molecular flexibility index (Phi) is 5.34. The minimum Gasteiger partial charge on any atom is -0.370 e. The third-order valence-corrected chi connectivity index (χ3v) is 2.40. The number of hydrazine groups is 1. The van der Waals surface area contributed by atoms with Crippen LogP contribution in [0.25, 0.3) is 0 Å². The first-order valence-electron chi connectivity index (χ1n) is 5.24. The highest BCUT2D eigenvalue weighted by Gasteiger charge is 2.12. The second kappa shape index (κ2) is 6.77. The van der Waals surface area contributed by atoms with Crippen molar-refractivity contribution in [1.29, 1.82) is 0 Å². The monoisotopic (exact) mass is 271 g/mol. The summed E-state index contributed by atoms with van der Waals surface area (Å²) in [4.78, 5) is 26.2. The van der Waals surface area contributed by atoms with E-state index < -0.39 is 11.8 Å². The van der Waals surface area contributed by atoms with E-state index in [2.05, 4.69) is 15.7 Å². The molecular formula is C10H14ClN5O2. The number of amides is 2. The van der Waals surface area contributed by atoms with Crippen molar-refractivity contribution < 1.29 is 9.59 Å². The molecule has 8 heteroatoms. The molecule has 0 fully saturated rings. The summed E-state index contributed by atoms with van der Waals surface area (Å²) in [5.74, 6) is 4.68. The van der Waals surface area contributed by atoms with Gasteiger partial charge in [-0.1, -0.05) is 11.6 Å².